The van der Waals surface area contributed by atoms with Gasteiger partial charge in [0.05, 0.1) is 17.1 Å². The van der Waals surface area contributed by atoms with Crippen molar-refractivity contribution in [2.24, 2.45) is 0 Å². The third kappa shape index (κ3) is 9.40. The summed E-state index contributed by atoms with van der Waals surface area (Å²) in [5, 5.41) is 0. The van der Waals surface area contributed by atoms with Crippen molar-refractivity contribution in [2.75, 3.05) is 12.5 Å². The van der Waals surface area contributed by atoms with Crippen molar-refractivity contribution in [2.45, 2.75) is 23.3 Å². The number of hydrogen-bond donors (Lipinski definition) is 0. The first-order chi connectivity index (χ1) is 15.7. The Morgan fingerprint density at radius 1 is 0.824 bits per heavy atom. The highest BCUT2D eigenvalue weighted by molar-refractivity contribution is 9.11. The number of pyridine rings is 3. The average Bonchev–Trinajstić information content (AvgIpc) is 3.50. The van der Waals surface area contributed by atoms with Gasteiger partial charge in [-0.1, -0.05) is 47.8 Å². The molecule has 0 aliphatic heterocycles. The van der Waals surface area contributed by atoms with Gasteiger partial charge in [-0.3, -0.25) is 9.97 Å². The Bertz CT molecular complexity index is 1340. The van der Waals surface area contributed by atoms with Crippen LogP contribution in [0, 0.1) is 5.95 Å². The molecule has 1 saturated carbocycles. The first-order valence-electron chi connectivity index (χ1n) is 9.59. The lowest BCUT2D eigenvalue weighted by molar-refractivity contribution is 0.582. The Balaban J connectivity index is 0.000000187. The molecular weight excluding hydrogens is 681 g/mol. The third-order valence-corrected chi connectivity index (χ3v) is 8.82. The van der Waals surface area contributed by atoms with Crippen molar-refractivity contribution in [1.29, 1.82) is 0 Å². The molecule has 4 rings (SSSR count). The molecule has 1 aliphatic rings. The summed E-state index contributed by atoms with van der Waals surface area (Å²) in [6.45, 7) is 0. The molecule has 13 heteroatoms. The smallest absolute Gasteiger partial charge is 0.213 e. The second-order valence-corrected chi connectivity index (χ2v) is 14.7. The van der Waals surface area contributed by atoms with Crippen LogP contribution in [0.25, 0.3) is 0 Å². The predicted molar refractivity (Wildman–Crippen MR) is 140 cm³/mol. The van der Waals surface area contributed by atoms with Crippen LogP contribution in [0.4, 0.5) is 4.39 Å². The normalized spacial score (nSPS) is 14.2. The highest BCUT2D eigenvalue weighted by atomic mass is 79.9. The zero-order valence-electron chi connectivity index (χ0n) is 18.1. The standard InChI is InChI=1S/C9H10BrNO2S.C7H8BrNO2S.C5H3BrFN/c1-14(12,13)9(3-4-9)8-6-7(10)2-5-11-8;1-12(10,11)5-7-4-6(8)2-3-9-7;6-4-1-2-8-5(7)3-4/h2,5-6H,3-4H2,1H3;2-4H,5H2,1H3;1-3H. The summed E-state index contributed by atoms with van der Waals surface area (Å²) >= 11 is 9.63. The summed E-state index contributed by atoms with van der Waals surface area (Å²) < 4.78 is 58.6. The minimum atomic E-state index is -3.04. The van der Waals surface area contributed by atoms with E-state index in [2.05, 4.69) is 62.7 Å². The molecule has 0 spiro atoms. The van der Waals surface area contributed by atoms with Gasteiger partial charge in [0.1, 0.15) is 4.75 Å². The van der Waals surface area contributed by atoms with Crippen molar-refractivity contribution in [3.63, 3.8) is 0 Å². The van der Waals surface area contributed by atoms with Gasteiger partial charge in [-0.05, 0) is 43.2 Å². The second kappa shape index (κ2) is 12.1. The van der Waals surface area contributed by atoms with Crippen LogP contribution in [0.2, 0.25) is 0 Å². The molecule has 0 aromatic carbocycles. The van der Waals surface area contributed by atoms with Crippen LogP contribution in [-0.4, -0.2) is 44.3 Å². The molecule has 3 aromatic rings. The van der Waals surface area contributed by atoms with Gasteiger partial charge in [-0.2, -0.15) is 4.39 Å². The minimum absolute atomic E-state index is 0.00750. The zero-order valence-corrected chi connectivity index (χ0v) is 24.5. The SMILES string of the molecule is CS(=O)(=O)C1(c2cc(Br)ccn2)CC1.CS(=O)(=O)Cc1cc(Br)ccn1.Fc1cc(Br)ccn1. The number of rotatable bonds is 4. The largest absolute Gasteiger partial charge is 0.260 e. The number of sulfone groups is 2. The molecule has 1 fully saturated rings. The van der Waals surface area contributed by atoms with Gasteiger partial charge in [-0.25, -0.2) is 21.8 Å². The topological polar surface area (TPSA) is 107 Å². The Kier molecular flexibility index (Phi) is 10.3. The lowest BCUT2D eigenvalue weighted by Gasteiger charge is -2.11. The van der Waals surface area contributed by atoms with Crippen molar-refractivity contribution in [1.82, 2.24) is 15.0 Å². The molecular formula is C21H21Br3FN3O4S2. The first kappa shape index (κ1) is 29.0. The van der Waals surface area contributed by atoms with E-state index >= 15 is 0 Å². The lowest BCUT2D eigenvalue weighted by Crippen LogP contribution is -2.20. The number of aromatic nitrogens is 3. The van der Waals surface area contributed by atoms with E-state index in [0.29, 0.717) is 28.7 Å². The van der Waals surface area contributed by atoms with E-state index in [9.17, 15) is 21.2 Å². The monoisotopic (exact) mass is 699 g/mol. The van der Waals surface area contributed by atoms with Crippen molar-refractivity contribution in [3.05, 3.63) is 85.7 Å². The van der Waals surface area contributed by atoms with Crippen LogP contribution in [0.3, 0.4) is 0 Å². The molecule has 0 saturated heterocycles. The Labute approximate surface area is 223 Å². The Morgan fingerprint density at radius 2 is 1.32 bits per heavy atom. The molecule has 34 heavy (non-hydrogen) atoms. The van der Waals surface area contributed by atoms with E-state index in [1.807, 2.05) is 0 Å². The fourth-order valence-electron chi connectivity index (χ4n) is 2.76. The van der Waals surface area contributed by atoms with Gasteiger partial charge >= 0.3 is 0 Å². The quantitative estimate of drug-likeness (QED) is 0.342. The highest BCUT2D eigenvalue weighted by Gasteiger charge is 2.54. The van der Waals surface area contributed by atoms with E-state index in [1.165, 1.54) is 24.8 Å². The summed E-state index contributed by atoms with van der Waals surface area (Å²) in [7, 11) is -6.02. The summed E-state index contributed by atoms with van der Waals surface area (Å²) in [6, 6.07) is 10.0. The van der Waals surface area contributed by atoms with Crippen LogP contribution in [0.15, 0.2) is 68.4 Å². The molecule has 0 unspecified atom stereocenters. The number of halogens is 4. The Morgan fingerprint density at radius 3 is 1.71 bits per heavy atom. The fraction of sp³-hybridized carbons (Fsp3) is 0.286. The fourth-order valence-corrected chi connectivity index (χ4v) is 5.81. The van der Waals surface area contributed by atoms with E-state index < -0.39 is 30.4 Å². The van der Waals surface area contributed by atoms with Crippen LogP contribution in [0.5, 0.6) is 0 Å². The maximum absolute atomic E-state index is 12.0. The summed E-state index contributed by atoms with van der Waals surface area (Å²) in [5.41, 5.74) is 1.22. The molecule has 184 valence electrons. The molecule has 0 atom stereocenters. The summed E-state index contributed by atoms with van der Waals surface area (Å²) in [6.07, 6.45) is 8.46. The van der Waals surface area contributed by atoms with Crippen molar-refractivity contribution < 1.29 is 21.2 Å². The van der Waals surface area contributed by atoms with Crippen LogP contribution in [0.1, 0.15) is 24.2 Å². The number of nitrogens with zero attached hydrogens (tertiary/aromatic N) is 3. The lowest BCUT2D eigenvalue weighted by atomic mass is 10.2. The van der Waals surface area contributed by atoms with Crippen LogP contribution < -0.4 is 0 Å². The van der Waals surface area contributed by atoms with E-state index in [1.54, 1.807) is 42.7 Å². The van der Waals surface area contributed by atoms with Gasteiger partial charge in [0.15, 0.2) is 19.7 Å². The van der Waals surface area contributed by atoms with Crippen LogP contribution in [-0.2, 0) is 30.2 Å². The average molecular weight is 702 g/mol. The molecule has 3 aromatic heterocycles. The van der Waals surface area contributed by atoms with E-state index in [-0.39, 0.29) is 5.75 Å². The highest BCUT2D eigenvalue weighted by Crippen LogP contribution is 2.51. The molecule has 7 nitrogen and oxygen atoms in total. The maximum atomic E-state index is 12.0. The van der Waals surface area contributed by atoms with E-state index in [4.69, 9.17) is 0 Å². The molecule has 0 radical (unpaired) electrons. The molecule has 1 aliphatic carbocycles. The van der Waals surface area contributed by atoms with Gasteiger partial charge in [-0.15, -0.1) is 0 Å². The first-order valence-corrected chi connectivity index (χ1v) is 15.9. The molecule has 0 N–H and O–H groups in total. The van der Waals surface area contributed by atoms with Gasteiger partial charge < -0.3 is 0 Å². The molecule has 0 amide bonds. The Hall–Kier alpha value is -1.28. The van der Waals surface area contributed by atoms with Crippen LogP contribution >= 0.6 is 47.8 Å². The summed E-state index contributed by atoms with van der Waals surface area (Å²) in [5.74, 6) is -0.466. The molecule has 3 heterocycles. The van der Waals surface area contributed by atoms with Gasteiger partial charge in [0.2, 0.25) is 5.95 Å². The maximum Gasteiger partial charge on any atom is 0.213 e. The predicted octanol–water partition coefficient (Wildman–Crippen LogP) is 5.25. The second-order valence-electron chi connectivity index (χ2n) is 7.46. The minimum Gasteiger partial charge on any atom is -0.260 e. The van der Waals surface area contributed by atoms with E-state index in [0.717, 1.165) is 8.95 Å². The number of hydrogen-bond acceptors (Lipinski definition) is 7. The third-order valence-electron chi connectivity index (χ3n) is 4.48. The van der Waals surface area contributed by atoms with Gasteiger partial charge in [0, 0.05) is 50.6 Å². The van der Waals surface area contributed by atoms with Gasteiger partial charge in [0.25, 0.3) is 0 Å². The van der Waals surface area contributed by atoms with Crippen molar-refractivity contribution in [3.8, 4) is 0 Å². The summed E-state index contributed by atoms with van der Waals surface area (Å²) in [4.78, 5) is 11.4. The van der Waals surface area contributed by atoms with Crippen molar-refractivity contribution >= 4 is 67.5 Å². The zero-order chi connectivity index (χ0) is 25.6. The molecule has 0 bridgehead atoms.